The second-order valence-corrected chi connectivity index (χ2v) is 11.4. The molecule has 0 bridgehead atoms. The van der Waals surface area contributed by atoms with Gasteiger partial charge in [0.2, 0.25) is 0 Å². The molecule has 4 aromatic carbocycles. The van der Waals surface area contributed by atoms with Crippen LogP contribution in [0.4, 0.5) is 0 Å². The maximum atomic E-state index is 11.7. The van der Waals surface area contributed by atoms with Crippen molar-refractivity contribution in [2.75, 3.05) is 6.61 Å². The van der Waals surface area contributed by atoms with Gasteiger partial charge in [0.15, 0.2) is 5.79 Å². The lowest BCUT2D eigenvalue weighted by Crippen LogP contribution is -2.44. The molecule has 0 saturated carbocycles. The van der Waals surface area contributed by atoms with Gasteiger partial charge in [0.25, 0.3) is 0 Å². The van der Waals surface area contributed by atoms with E-state index in [0.717, 1.165) is 27.6 Å². The van der Waals surface area contributed by atoms with Gasteiger partial charge in [0, 0.05) is 12.6 Å². The van der Waals surface area contributed by atoms with Crippen LogP contribution in [0.25, 0.3) is 10.9 Å². The van der Waals surface area contributed by atoms with Crippen LogP contribution in [0.2, 0.25) is 0 Å². The molecule has 6 nitrogen and oxygen atoms in total. The molecular formula is C36H37NO5. The number of aliphatic hydroxyl groups is 2. The van der Waals surface area contributed by atoms with Crippen molar-refractivity contribution in [2.45, 2.75) is 49.7 Å². The van der Waals surface area contributed by atoms with E-state index in [9.17, 15) is 10.2 Å². The molecule has 4 atom stereocenters. The SMILES string of the molecule is Cn1c(C(O)[C@H]2OC(C)(C)O[C@H]2[C@H](O)COC(c2ccccc2)(c2ccccc2)c2ccccc2)cc2ccccc21. The van der Waals surface area contributed by atoms with Gasteiger partial charge in [-0.15, -0.1) is 0 Å². The van der Waals surface area contributed by atoms with Crippen LogP contribution < -0.4 is 0 Å². The number of aliphatic hydroxyl groups excluding tert-OH is 2. The zero-order valence-electron chi connectivity index (χ0n) is 24.1. The summed E-state index contributed by atoms with van der Waals surface area (Å²) in [6.45, 7) is 3.52. The maximum absolute atomic E-state index is 11.7. The standard InChI is InChI=1S/C36H37NO5/c1-35(2)41-33(34(42-35)32(39)30-23-25-15-13-14-22-29(25)37(30)3)31(38)24-40-36(26-16-7-4-8-17-26,27-18-9-5-10-19-27)28-20-11-6-12-21-28/h4-23,31-34,38-39H,24H2,1-3H3/t31-,32?,33+,34-/m1/s1. The van der Waals surface area contributed by atoms with Crippen molar-refractivity contribution in [3.05, 3.63) is 144 Å². The molecular weight excluding hydrogens is 526 g/mol. The highest BCUT2D eigenvalue weighted by atomic mass is 16.8. The summed E-state index contributed by atoms with van der Waals surface area (Å²) in [7, 11) is 1.92. The number of rotatable bonds is 9. The van der Waals surface area contributed by atoms with Crippen LogP contribution >= 0.6 is 0 Å². The first-order chi connectivity index (χ1) is 20.3. The van der Waals surface area contributed by atoms with Crippen molar-refractivity contribution in [1.29, 1.82) is 0 Å². The highest BCUT2D eigenvalue weighted by Gasteiger charge is 2.50. The van der Waals surface area contributed by atoms with E-state index in [-0.39, 0.29) is 6.61 Å². The molecule has 0 amide bonds. The Balaban J connectivity index is 1.35. The molecule has 1 aliphatic heterocycles. The van der Waals surface area contributed by atoms with Crippen LogP contribution in [0.1, 0.15) is 42.3 Å². The highest BCUT2D eigenvalue weighted by molar-refractivity contribution is 5.81. The Kier molecular flexibility index (Phi) is 7.75. The molecule has 6 rings (SSSR count). The lowest BCUT2D eigenvalue weighted by Gasteiger charge is -2.37. The Morgan fingerprint density at radius 1 is 0.738 bits per heavy atom. The Hall–Kier alpha value is -3.78. The van der Waals surface area contributed by atoms with Gasteiger partial charge in [-0.05, 0) is 48.1 Å². The molecule has 5 aromatic rings. The Morgan fingerprint density at radius 3 is 1.74 bits per heavy atom. The largest absolute Gasteiger partial charge is 0.388 e. The van der Waals surface area contributed by atoms with E-state index in [1.165, 1.54) is 0 Å². The predicted octanol–water partition coefficient (Wildman–Crippen LogP) is 6.10. The lowest BCUT2D eigenvalue weighted by atomic mass is 9.80. The van der Waals surface area contributed by atoms with Crippen molar-refractivity contribution in [2.24, 2.45) is 7.05 Å². The normalized spacial score (nSPS) is 20.0. The van der Waals surface area contributed by atoms with Crippen molar-refractivity contribution in [1.82, 2.24) is 4.57 Å². The van der Waals surface area contributed by atoms with Crippen LogP contribution in [0, 0.1) is 0 Å². The molecule has 1 aliphatic rings. The number of para-hydroxylation sites is 1. The third kappa shape index (κ3) is 5.17. The quantitative estimate of drug-likeness (QED) is 0.212. The van der Waals surface area contributed by atoms with Crippen molar-refractivity contribution < 1.29 is 24.4 Å². The second-order valence-electron chi connectivity index (χ2n) is 11.4. The fourth-order valence-electron chi connectivity index (χ4n) is 6.20. The average molecular weight is 564 g/mol. The minimum absolute atomic E-state index is 0.0683. The Labute approximate surface area is 246 Å². The summed E-state index contributed by atoms with van der Waals surface area (Å²) >= 11 is 0. The highest BCUT2D eigenvalue weighted by Crippen LogP contribution is 2.42. The first-order valence-corrected chi connectivity index (χ1v) is 14.4. The topological polar surface area (TPSA) is 73.1 Å². The molecule has 1 fully saturated rings. The van der Waals surface area contributed by atoms with E-state index in [1.54, 1.807) is 13.8 Å². The number of fused-ring (bicyclic) bond motifs is 1. The predicted molar refractivity (Wildman–Crippen MR) is 163 cm³/mol. The number of aryl methyl sites for hydroxylation is 1. The summed E-state index contributed by atoms with van der Waals surface area (Å²) < 4.78 is 21.3. The van der Waals surface area contributed by atoms with Gasteiger partial charge in [0.1, 0.15) is 30.0 Å². The molecule has 0 radical (unpaired) electrons. The van der Waals surface area contributed by atoms with Crippen molar-refractivity contribution in [3.8, 4) is 0 Å². The van der Waals surface area contributed by atoms with Gasteiger partial charge >= 0.3 is 0 Å². The van der Waals surface area contributed by atoms with Crippen molar-refractivity contribution in [3.63, 3.8) is 0 Å². The van der Waals surface area contributed by atoms with Gasteiger partial charge in [-0.1, -0.05) is 109 Å². The second kappa shape index (κ2) is 11.5. The molecule has 1 saturated heterocycles. The summed E-state index contributed by atoms with van der Waals surface area (Å²) in [5.41, 5.74) is 3.50. The minimum Gasteiger partial charge on any atom is -0.388 e. The molecule has 6 heteroatoms. The van der Waals surface area contributed by atoms with Crippen LogP contribution in [0.15, 0.2) is 121 Å². The number of hydrogen-bond donors (Lipinski definition) is 2. The molecule has 1 unspecified atom stereocenters. The van der Waals surface area contributed by atoms with E-state index in [4.69, 9.17) is 14.2 Å². The number of benzene rings is 4. The van der Waals surface area contributed by atoms with E-state index in [0.29, 0.717) is 5.69 Å². The average Bonchev–Trinajstić information content (AvgIpc) is 3.54. The molecule has 0 aliphatic carbocycles. The lowest BCUT2D eigenvalue weighted by molar-refractivity contribution is -0.165. The molecule has 0 spiro atoms. The summed E-state index contributed by atoms with van der Waals surface area (Å²) in [5, 5.41) is 24.4. The molecule has 216 valence electrons. The minimum atomic E-state index is -1.10. The van der Waals surface area contributed by atoms with E-state index in [1.807, 2.05) is 133 Å². The van der Waals surface area contributed by atoms with Gasteiger partial charge in [-0.3, -0.25) is 0 Å². The van der Waals surface area contributed by atoms with E-state index >= 15 is 0 Å². The first kappa shape index (κ1) is 28.3. The number of nitrogens with zero attached hydrogens (tertiary/aromatic N) is 1. The van der Waals surface area contributed by atoms with Crippen LogP contribution in [-0.2, 0) is 26.9 Å². The zero-order valence-corrected chi connectivity index (χ0v) is 24.1. The van der Waals surface area contributed by atoms with E-state index in [2.05, 4.69) is 0 Å². The number of hydrogen-bond acceptors (Lipinski definition) is 5. The van der Waals surface area contributed by atoms with Crippen LogP contribution in [-0.4, -0.2) is 45.5 Å². The molecule has 42 heavy (non-hydrogen) atoms. The molecule has 2 N–H and O–H groups in total. The van der Waals surface area contributed by atoms with Gasteiger partial charge in [0.05, 0.1) is 12.3 Å². The van der Waals surface area contributed by atoms with Crippen LogP contribution in [0.5, 0.6) is 0 Å². The summed E-state index contributed by atoms with van der Waals surface area (Å²) in [6.07, 6.45) is -3.79. The maximum Gasteiger partial charge on any atom is 0.164 e. The Morgan fingerprint density at radius 2 is 1.21 bits per heavy atom. The number of ether oxygens (including phenoxy) is 3. The summed E-state index contributed by atoms with van der Waals surface area (Å²) in [4.78, 5) is 0. The zero-order chi connectivity index (χ0) is 29.3. The van der Waals surface area contributed by atoms with Crippen LogP contribution in [0.3, 0.4) is 0 Å². The van der Waals surface area contributed by atoms with Gasteiger partial charge in [-0.2, -0.15) is 0 Å². The van der Waals surface area contributed by atoms with Gasteiger partial charge in [-0.25, -0.2) is 0 Å². The first-order valence-electron chi connectivity index (χ1n) is 14.4. The summed E-state index contributed by atoms with van der Waals surface area (Å²) in [5.74, 6) is -1.00. The van der Waals surface area contributed by atoms with E-state index < -0.39 is 35.8 Å². The molecule has 2 heterocycles. The Bertz CT molecular complexity index is 1520. The fourth-order valence-corrected chi connectivity index (χ4v) is 6.20. The van der Waals surface area contributed by atoms with Crippen molar-refractivity contribution >= 4 is 10.9 Å². The third-order valence-electron chi connectivity index (χ3n) is 8.16. The number of aromatic nitrogens is 1. The van der Waals surface area contributed by atoms with Gasteiger partial charge < -0.3 is 29.0 Å². The summed E-state index contributed by atoms with van der Waals surface area (Å²) in [6, 6.07) is 40.0. The fraction of sp³-hybridized carbons (Fsp3) is 0.278. The monoisotopic (exact) mass is 563 g/mol. The smallest absolute Gasteiger partial charge is 0.164 e. The third-order valence-corrected chi connectivity index (χ3v) is 8.16. The molecule has 1 aromatic heterocycles.